The Morgan fingerprint density at radius 3 is 2.70 bits per heavy atom. The summed E-state index contributed by atoms with van der Waals surface area (Å²) in [6.45, 7) is 0.0595. The molecule has 2 aromatic carbocycles. The van der Waals surface area contributed by atoms with Crippen LogP contribution in [0.25, 0.3) is 0 Å². The first-order valence-electron chi connectivity index (χ1n) is 9.78. The van der Waals surface area contributed by atoms with E-state index < -0.39 is 24.2 Å². The number of rotatable bonds is 3. The molecule has 0 radical (unpaired) electrons. The summed E-state index contributed by atoms with van der Waals surface area (Å²) in [6, 6.07) is 8.11. The predicted molar refractivity (Wildman–Crippen MR) is 115 cm³/mol. The van der Waals surface area contributed by atoms with Crippen LogP contribution < -0.4 is 20.1 Å². The Labute approximate surface area is 195 Å². The van der Waals surface area contributed by atoms with Crippen molar-refractivity contribution in [1.82, 2.24) is 9.78 Å². The van der Waals surface area contributed by atoms with Crippen LogP contribution in [0.3, 0.4) is 0 Å². The number of halogens is 5. The van der Waals surface area contributed by atoms with Crippen LogP contribution in [0.5, 0.6) is 11.5 Å². The summed E-state index contributed by atoms with van der Waals surface area (Å²) in [5.41, 5.74) is 0.616. The Bertz CT molecular complexity index is 1250. The molecule has 0 spiro atoms. The second kappa shape index (κ2) is 8.03. The monoisotopic (exact) mass is 498 g/mol. The minimum Gasteiger partial charge on any atom is -0.454 e. The van der Waals surface area contributed by atoms with Gasteiger partial charge in [0, 0.05) is 17.5 Å². The number of anilines is 2. The Morgan fingerprint density at radius 1 is 1.12 bits per heavy atom. The highest BCUT2D eigenvalue weighted by Crippen LogP contribution is 2.45. The molecular formula is C21H15Cl2F3N4O3. The lowest BCUT2D eigenvalue weighted by Gasteiger charge is -2.33. The van der Waals surface area contributed by atoms with Crippen LogP contribution in [-0.2, 0) is 0 Å². The molecule has 7 nitrogen and oxygen atoms in total. The molecule has 2 aliphatic rings. The zero-order valence-corrected chi connectivity index (χ0v) is 18.1. The summed E-state index contributed by atoms with van der Waals surface area (Å²) in [5.74, 6) is 0.345. The number of ether oxygens (including phenoxy) is 2. The van der Waals surface area contributed by atoms with E-state index in [4.69, 9.17) is 32.7 Å². The summed E-state index contributed by atoms with van der Waals surface area (Å²) in [6.07, 6.45) is -4.90. The van der Waals surface area contributed by atoms with Gasteiger partial charge >= 0.3 is 6.18 Å². The molecule has 2 atom stereocenters. The first kappa shape index (κ1) is 21.7. The van der Waals surface area contributed by atoms with Crippen molar-refractivity contribution in [3.05, 3.63) is 63.8 Å². The fourth-order valence-corrected chi connectivity index (χ4v) is 4.15. The molecule has 3 aromatic rings. The van der Waals surface area contributed by atoms with Gasteiger partial charge in [0.1, 0.15) is 5.82 Å². The number of fused-ring (bicyclic) bond motifs is 2. The average molecular weight is 499 g/mol. The second-order valence-corrected chi connectivity index (χ2v) is 8.38. The van der Waals surface area contributed by atoms with Crippen LogP contribution in [0.15, 0.2) is 42.5 Å². The van der Waals surface area contributed by atoms with Gasteiger partial charge in [0.2, 0.25) is 6.79 Å². The first-order valence-corrected chi connectivity index (χ1v) is 10.5. The molecule has 0 bridgehead atoms. The topological polar surface area (TPSA) is 77.4 Å². The van der Waals surface area contributed by atoms with Crippen LogP contribution in [-0.4, -0.2) is 28.7 Å². The Hall–Kier alpha value is -3.11. The van der Waals surface area contributed by atoms with Gasteiger partial charge in [-0.05, 0) is 35.9 Å². The quantitative estimate of drug-likeness (QED) is 0.474. The van der Waals surface area contributed by atoms with E-state index in [9.17, 15) is 18.0 Å². The van der Waals surface area contributed by atoms with Gasteiger partial charge in [-0.1, -0.05) is 29.3 Å². The molecule has 1 aromatic heterocycles. The van der Waals surface area contributed by atoms with Crippen LogP contribution in [0.1, 0.15) is 34.6 Å². The van der Waals surface area contributed by atoms with Gasteiger partial charge in [0.25, 0.3) is 5.91 Å². The minimum atomic E-state index is -4.58. The third-order valence-corrected chi connectivity index (χ3v) is 5.96. The van der Waals surface area contributed by atoms with Crippen LogP contribution in [0, 0.1) is 0 Å². The van der Waals surface area contributed by atoms with E-state index in [1.54, 1.807) is 24.3 Å². The van der Waals surface area contributed by atoms with E-state index in [0.717, 1.165) is 4.68 Å². The van der Waals surface area contributed by atoms with E-state index in [0.29, 0.717) is 22.1 Å². The first-order chi connectivity index (χ1) is 15.7. The van der Waals surface area contributed by atoms with Crippen LogP contribution >= 0.6 is 23.2 Å². The molecule has 0 saturated heterocycles. The number of aromatic nitrogens is 2. The van der Waals surface area contributed by atoms with Crippen molar-refractivity contribution < 1.29 is 27.4 Å². The Balaban J connectivity index is 1.45. The molecule has 5 rings (SSSR count). The smallest absolute Gasteiger partial charge is 0.410 e. The third-order valence-electron chi connectivity index (χ3n) is 5.40. The highest BCUT2D eigenvalue weighted by atomic mass is 35.5. The van der Waals surface area contributed by atoms with Crippen molar-refractivity contribution in [3.8, 4) is 11.5 Å². The molecule has 3 heterocycles. The fourth-order valence-electron chi connectivity index (χ4n) is 3.81. The van der Waals surface area contributed by atoms with Crippen molar-refractivity contribution in [2.24, 2.45) is 0 Å². The zero-order valence-electron chi connectivity index (χ0n) is 16.6. The summed E-state index contributed by atoms with van der Waals surface area (Å²) in [4.78, 5) is 12.7. The molecule has 0 saturated carbocycles. The van der Waals surface area contributed by atoms with E-state index >= 15 is 0 Å². The zero-order chi connectivity index (χ0) is 23.3. The van der Waals surface area contributed by atoms with Gasteiger partial charge in [0.05, 0.1) is 16.8 Å². The number of alkyl halides is 3. The lowest BCUT2D eigenvalue weighted by Crippen LogP contribution is -2.35. The van der Waals surface area contributed by atoms with Gasteiger partial charge in [-0.15, -0.1) is 0 Å². The van der Waals surface area contributed by atoms with Gasteiger partial charge < -0.3 is 20.1 Å². The summed E-state index contributed by atoms with van der Waals surface area (Å²) < 4.78 is 53.1. The average Bonchev–Trinajstić information content (AvgIpc) is 3.41. The molecule has 2 N–H and O–H groups in total. The van der Waals surface area contributed by atoms with Gasteiger partial charge in [-0.25, -0.2) is 4.68 Å². The number of nitrogens with one attached hydrogen (secondary N) is 2. The third kappa shape index (κ3) is 4.16. The molecule has 1 amide bonds. The standard InChI is InChI=1S/C21H15Cl2F3N4O3/c22-11-2-3-12(23)14(6-11)28-20(31)15-8-19-27-13(7-18(21(24,25)26)30(19)29-15)10-1-4-16-17(5-10)33-9-32-16/h1-6,8,13,18,27H,7,9H2,(H,28,31). The van der Waals surface area contributed by atoms with E-state index in [1.165, 1.54) is 18.2 Å². The summed E-state index contributed by atoms with van der Waals surface area (Å²) in [7, 11) is 0. The minimum absolute atomic E-state index is 0.0595. The number of nitrogens with zero attached hydrogens (tertiary/aromatic N) is 2. The lowest BCUT2D eigenvalue weighted by atomic mass is 9.96. The van der Waals surface area contributed by atoms with E-state index in [1.807, 2.05) is 0 Å². The van der Waals surface area contributed by atoms with Crippen LogP contribution in [0.2, 0.25) is 10.0 Å². The molecule has 12 heteroatoms. The summed E-state index contributed by atoms with van der Waals surface area (Å²) >= 11 is 12.0. The second-order valence-electron chi connectivity index (χ2n) is 7.54. The number of carbonyl (C=O) groups excluding carboxylic acids is 1. The maximum atomic E-state index is 13.9. The maximum Gasteiger partial charge on any atom is 0.410 e. The lowest BCUT2D eigenvalue weighted by molar-refractivity contribution is -0.173. The SMILES string of the molecule is O=C(Nc1cc(Cl)ccc1Cl)c1cc2n(n1)C(C(F)(F)F)CC(c1ccc3c(c1)OCO3)N2. The van der Waals surface area contributed by atoms with Gasteiger partial charge in [-0.3, -0.25) is 4.79 Å². The number of hydrogen-bond donors (Lipinski definition) is 2. The highest BCUT2D eigenvalue weighted by molar-refractivity contribution is 6.35. The van der Waals surface area contributed by atoms with Gasteiger partial charge in [0.15, 0.2) is 23.2 Å². The number of benzene rings is 2. The predicted octanol–water partition coefficient (Wildman–Crippen LogP) is 5.83. The van der Waals surface area contributed by atoms with Gasteiger partial charge in [-0.2, -0.15) is 18.3 Å². The molecule has 33 heavy (non-hydrogen) atoms. The van der Waals surface area contributed by atoms with E-state index in [-0.39, 0.29) is 35.4 Å². The largest absolute Gasteiger partial charge is 0.454 e. The van der Waals surface area contributed by atoms with Crippen molar-refractivity contribution >= 4 is 40.6 Å². The molecule has 2 aliphatic heterocycles. The highest BCUT2D eigenvalue weighted by Gasteiger charge is 2.47. The molecule has 0 aliphatic carbocycles. The summed E-state index contributed by atoms with van der Waals surface area (Å²) in [5, 5.41) is 10.1. The Morgan fingerprint density at radius 2 is 1.91 bits per heavy atom. The van der Waals surface area contributed by atoms with Crippen molar-refractivity contribution in [1.29, 1.82) is 0 Å². The normalized spacial score (nSPS) is 19.1. The molecular weight excluding hydrogens is 484 g/mol. The number of amides is 1. The maximum absolute atomic E-state index is 13.9. The number of hydrogen-bond acceptors (Lipinski definition) is 5. The fraction of sp³-hybridized carbons (Fsp3) is 0.238. The molecule has 2 unspecified atom stereocenters. The molecule has 172 valence electrons. The van der Waals surface area contributed by atoms with Crippen molar-refractivity contribution in [3.63, 3.8) is 0 Å². The molecule has 0 fully saturated rings. The van der Waals surface area contributed by atoms with Crippen molar-refractivity contribution in [2.75, 3.05) is 17.4 Å². The van der Waals surface area contributed by atoms with E-state index in [2.05, 4.69) is 15.7 Å². The van der Waals surface area contributed by atoms with Crippen LogP contribution in [0.4, 0.5) is 24.7 Å². The van der Waals surface area contributed by atoms with Crippen molar-refractivity contribution in [2.45, 2.75) is 24.7 Å². The Kier molecular flexibility index (Phi) is 5.29. The number of carbonyl (C=O) groups is 1.